The predicted molar refractivity (Wildman–Crippen MR) is 119 cm³/mol. The van der Waals surface area contributed by atoms with Crippen molar-refractivity contribution in [2.24, 2.45) is 5.92 Å². The molecule has 1 N–H and O–H groups in total. The Bertz CT molecular complexity index is 912. The summed E-state index contributed by atoms with van der Waals surface area (Å²) >= 11 is 0. The molecular formula is C25H31N3O2. The third-order valence-corrected chi connectivity index (χ3v) is 6.78. The molecular weight excluding hydrogens is 374 g/mol. The largest absolute Gasteiger partial charge is 0.492 e. The zero-order chi connectivity index (χ0) is 20.6. The molecule has 30 heavy (non-hydrogen) atoms. The minimum atomic E-state index is -0.0170. The van der Waals surface area contributed by atoms with Crippen molar-refractivity contribution in [2.45, 2.75) is 24.7 Å². The van der Waals surface area contributed by atoms with Gasteiger partial charge in [-0.1, -0.05) is 18.2 Å². The maximum absolute atomic E-state index is 12.8. The molecule has 1 atom stereocenters. The van der Waals surface area contributed by atoms with Crippen LogP contribution >= 0.6 is 0 Å². The van der Waals surface area contributed by atoms with E-state index >= 15 is 0 Å². The Morgan fingerprint density at radius 3 is 2.73 bits per heavy atom. The van der Waals surface area contributed by atoms with E-state index in [4.69, 9.17) is 4.74 Å². The Morgan fingerprint density at radius 2 is 2.00 bits per heavy atom. The van der Waals surface area contributed by atoms with Gasteiger partial charge >= 0.3 is 0 Å². The van der Waals surface area contributed by atoms with Gasteiger partial charge < -0.3 is 19.9 Å². The van der Waals surface area contributed by atoms with Gasteiger partial charge in [0.1, 0.15) is 12.4 Å². The van der Waals surface area contributed by atoms with Crippen molar-refractivity contribution in [3.05, 3.63) is 59.7 Å². The Balaban J connectivity index is 1.27. The molecule has 5 heteroatoms. The van der Waals surface area contributed by atoms with Gasteiger partial charge in [0.15, 0.2) is 0 Å². The number of carbonyl (C=O) groups excluding carboxylic acids is 1. The quantitative estimate of drug-likeness (QED) is 0.718. The highest BCUT2D eigenvalue weighted by molar-refractivity contribution is 5.95. The number of rotatable bonds is 7. The number of carbonyl (C=O) groups is 1. The van der Waals surface area contributed by atoms with E-state index < -0.39 is 0 Å². The first kappa shape index (κ1) is 19.4. The van der Waals surface area contributed by atoms with Crippen LogP contribution in [0.15, 0.2) is 48.5 Å². The average Bonchev–Trinajstić information content (AvgIpc) is 3.43. The molecule has 2 aliphatic heterocycles. The van der Waals surface area contributed by atoms with E-state index in [0.29, 0.717) is 13.2 Å². The van der Waals surface area contributed by atoms with E-state index in [9.17, 15) is 4.79 Å². The molecule has 1 saturated heterocycles. The fourth-order valence-corrected chi connectivity index (χ4v) is 5.07. The maximum Gasteiger partial charge on any atom is 0.251 e. The van der Waals surface area contributed by atoms with Gasteiger partial charge in [0.05, 0.1) is 6.54 Å². The third-order valence-electron chi connectivity index (χ3n) is 6.78. The number of amides is 1. The number of likely N-dealkylation sites (N-methyl/N-ethyl adjacent to an activating group) is 1. The number of fused-ring (bicyclic) bond motifs is 2. The van der Waals surface area contributed by atoms with E-state index in [2.05, 4.69) is 34.3 Å². The molecule has 1 aliphatic carbocycles. The minimum Gasteiger partial charge on any atom is -0.492 e. The lowest BCUT2D eigenvalue weighted by Gasteiger charge is -2.26. The normalized spacial score (nSPS) is 23.0. The minimum absolute atomic E-state index is 0.0170. The maximum atomic E-state index is 12.8. The summed E-state index contributed by atoms with van der Waals surface area (Å²) < 4.78 is 5.68. The van der Waals surface area contributed by atoms with E-state index in [1.807, 2.05) is 36.4 Å². The van der Waals surface area contributed by atoms with Crippen molar-refractivity contribution >= 4 is 11.6 Å². The molecule has 1 saturated carbocycles. The monoisotopic (exact) mass is 405 g/mol. The third kappa shape index (κ3) is 3.91. The molecule has 158 valence electrons. The van der Waals surface area contributed by atoms with Gasteiger partial charge in [0.25, 0.3) is 5.91 Å². The Hall–Kier alpha value is -2.53. The van der Waals surface area contributed by atoms with E-state index in [-0.39, 0.29) is 11.3 Å². The highest BCUT2D eigenvalue weighted by Crippen LogP contribution is 2.47. The number of likely N-dealkylation sites (tertiary alicyclic amines) is 1. The zero-order valence-corrected chi connectivity index (χ0v) is 17.8. The van der Waals surface area contributed by atoms with Crippen LogP contribution in [-0.4, -0.2) is 57.2 Å². The van der Waals surface area contributed by atoms with Crippen LogP contribution in [0.25, 0.3) is 0 Å². The topological polar surface area (TPSA) is 44.8 Å². The van der Waals surface area contributed by atoms with Gasteiger partial charge in [0, 0.05) is 36.3 Å². The van der Waals surface area contributed by atoms with Crippen molar-refractivity contribution in [2.75, 3.05) is 51.3 Å². The zero-order valence-electron chi connectivity index (χ0n) is 17.8. The first-order valence-electron chi connectivity index (χ1n) is 11.2. The van der Waals surface area contributed by atoms with Crippen molar-refractivity contribution in [1.82, 2.24) is 10.2 Å². The van der Waals surface area contributed by atoms with Crippen molar-refractivity contribution in [3.63, 3.8) is 0 Å². The number of anilines is 1. The molecule has 0 bridgehead atoms. The SMILES string of the molecule is CN1CCC2(C1)CN(CC1CC1)c1ccc(C(=O)NCCOc3ccccc3)cc12. The van der Waals surface area contributed by atoms with E-state index in [1.54, 1.807) is 0 Å². The predicted octanol–water partition coefficient (Wildman–Crippen LogP) is 3.30. The lowest BCUT2D eigenvalue weighted by Crippen LogP contribution is -2.36. The molecule has 2 heterocycles. The molecule has 1 amide bonds. The summed E-state index contributed by atoms with van der Waals surface area (Å²) in [4.78, 5) is 17.8. The van der Waals surface area contributed by atoms with Crippen LogP contribution in [-0.2, 0) is 5.41 Å². The number of nitrogens with zero attached hydrogens (tertiary/aromatic N) is 2. The molecule has 0 aromatic heterocycles. The molecule has 2 aromatic carbocycles. The van der Waals surface area contributed by atoms with Crippen molar-refractivity contribution < 1.29 is 9.53 Å². The fourth-order valence-electron chi connectivity index (χ4n) is 5.07. The van der Waals surface area contributed by atoms with Crippen LogP contribution < -0.4 is 15.0 Å². The second-order valence-electron chi connectivity index (χ2n) is 9.24. The molecule has 1 spiro atoms. The van der Waals surface area contributed by atoms with Gasteiger partial charge in [-0.05, 0) is 74.7 Å². The van der Waals surface area contributed by atoms with Crippen molar-refractivity contribution in [1.29, 1.82) is 0 Å². The summed E-state index contributed by atoms with van der Waals surface area (Å²) in [5, 5.41) is 3.01. The first-order valence-corrected chi connectivity index (χ1v) is 11.2. The smallest absolute Gasteiger partial charge is 0.251 e. The van der Waals surface area contributed by atoms with E-state index in [1.165, 1.54) is 37.1 Å². The molecule has 2 aromatic rings. The van der Waals surface area contributed by atoms with Crippen LogP contribution in [0.1, 0.15) is 35.2 Å². The number of para-hydroxylation sites is 1. The molecule has 5 nitrogen and oxygen atoms in total. The first-order chi connectivity index (χ1) is 14.6. The van der Waals surface area contributed by atoms with E-state index in [0.717, 1.165) is 36.9 Å². The second kappa shape index (κ2) is 7.95. The number of hydrogen-bond acceptors (Lipinski definition) is 4. The summed E-state index contributed by atoms with van der Waals surface area (Å²) in [7, 11) is 2.21. The molecule has 3 aliphatic rings. The summed E-state index contributed by atoms with van der Waals surface area (Å²) in [6.07, 6.45) is 3.90. The van der Waals surface area contributed by atoms with Gasteiger partial charge in [-0.15, -0.1) is 0 Å². The number of ether oxygens (including phenoxy) is 1. The lowest BCUT2D eigenvalue weighted by atomic mass is 9.81. The Labute approximate surface area is 179 Å². The average molecular weight is 406 g/mol. The van der Waals surface area contributed by atoms with Gasteiger partial charge in [-0.3, -0.25) is 4.79 Å². The van der Waals surface area contributed by atoms with Crippen LogP contribution in [0.2, 0.25) is 0 Å². The molecule has 5 rings (SSSR count). The van der Waals surface area contributed by atoms with Crippen molar-refractivity contribution in [3.8, 4) is 5.75 Å². The summed E-state index contributed by atoms with van der Waals surface area (Å²) in [5.41, 5.74) is 3.66. The number of hydrogen-bond donors (Lipinski definition) is 1. The standard InChI is InChI=1S/C25H31N3O2/c1-27-13-11-25(17-27)18-28(16-19-7-8-19)23-10-9-20(15-22(23)25)24(29)26-12-14-30-21-5-3-2-4-6-21/h2-6,9-10,15,19H,7-8,11-14,16-18H2,1H3,(H,26,29). The number of nitrogens with one attached hydrogen (secondary N) is 1. The molecule has 1 unspecified atom stereocenters. The fraction of sp³-hybridized carbons (Fsp3) is 0.480. The van der Waals surface area contributed by atoms with Gasteiger partial charge in [0.2, 0.25) is 0 Å². The Morgan fingerprint density at radius 1 is 1.17 bits per heavy atom. The highest BCUT2D eigenvalue weighted by Gasteiger charge is 2.47. The highest BCUT2D eigenvalue weighted by atomic mass is 16.5. The summed E-state index contributed by atoms with van der Waals surface area (Å²) in [6, 6.07) is 16.0. The summed E-state index contributed by atoms with van der Waals surface area (Å²) in [5.74, 6) is 1.67. The lowest BCUT2D eigenvalue weighted by molar-refractivity contribution is 0.0947. The van der Waals surface area contributed by atoms with Gasteiger partial charge in [-0.25, -0.2) is 0 Å². The van der Waals surface area contributed by atoms with Crippen LogP contribution in [0, 0.1) is 5.92 Å². The second-order valence-corrected chi connectivity index (χ2v) is 9.24. The van der Waals surface area contributed by atoms with Crippen LogP contribution in [0.5, 0.6) is 5.75 Å². The van der Waals surface area contributed by atoms with Gasteiger partial charge in [-0.2, -0.15) is 0 Å². The Kier molecular flexibility index (Phi) is 5.15. The van der Waals surface area contributed by atoms with Crippen LogP contribution in [0.4, 0.5) is 5.69 Å². The molecule has 2 fully saturated rings. The summed E-state index contributed by atoms with van der Waals surface area (Å²) in [6.45, 7) is 5.43. The molecule has 0 radical (unpaired) electrons. The number of benzene rings is 2. The van der Waals surface area contributed by atoms with Crippen LogP contribution in [0.3, 0.4) is 0 Å².